The van der Waals surface area contributed by atoms with Gasteiger partial charge in [-0.15, -0.1) is 0 Å². The van der Waals surface area contributed by atoms with E-state index in [9.17, 15) is 0 Å². The maximum absolute atomic E-state index is 4.87. The van der Waals surface area contributed by atoms with Gasteiger partial charge < -0.3 is 0 Å². The maximum Gasteiger partial charge on any atom is 0.220 e. The Bertz CT molecular complexity index is 2510. The quantitative estimate of drug-likeness (QED) is 0.154. The van der Waals surface area contributed by atoms with E-state index >= 15 is 0 Å². The molecule has 1 aliphatic heterocycles. The van der Waals surface area contributed by atoms with Gasteiger partial charge in [0.15, 0.2) is 0 Å². The second-order valence-electron chi connectivity index (χ2n) is 11.1. The summed E-state index contributed by atoms with van der Waals surface area (Å²) in [6.45, 7) is 0. The Morgan fingerprint density at radius 2 is 1.06 bits per heavy atom. The first-order valence-corrected chi connectivity index (χ1v) is 17.8. The first-order valence-electron chi connectivity index (χ1n) is 15.1. The van der Waals surface area contributed by atoms with E-state index in [1.807, 2.05) is 24.3 Å². The number of halogens is 3. The van der Waals surface area contributed by atoms with Crippen LogP contribution >= 0.6 is 54.5 Å². The third-order valence-electron chi connectivity index (χ3n) is 8.21. The van der Waals surface area contributed by atoms with Crippen LogP contribution in [0.2, 0.25) is 0 Å². The molecule has 6 aromatic carbocycles. The number of para-hydroxylation sites is 7. The van der Waals surface area contributed by atoms with Gasteiger partial charge in [-0.3, -0.25) is 13.5 Å². The molecule has 0 fully saturated rings. The number of fused-ring (bicyclic) bond motifs is 10. The molecule has 0 unspecified atom stereocenters. The van der Waals surface area contributed by atoms with Crippen LogP contribution in [-0.2, 0) is 6.42 Å². The SMILES string of the molecule is Brc1ccc(-n2c3ccccc3n3c4ccccc4nc23)cc1.Brc1ccc(I)cc1.c1ccc2c(c1)Cc1nc3ccccc3n1-2. The van der Waals surface area contributed by atoms with Crippen LogP contribution in [0, 0.1) is 3.57 Å². The Kier molecular flexibility index (Phi) is 8.16. The first-order chi connectivity index (χ1) is 23.0. The van der Waals surface area contributed by atoms with Crippen molar-refractivity contribution in [3.8, 4) is 11.4 Å². The van der Waals surface area contributed by atoms with Crippen LogP contribution in [0.1, 0.15) is 11.4 Å². The van der Waals surface area contributed by atoms with Crippen molar-refractivity contribution in [3.63, 3.8) is 0 Å². The van der Waals surface area contributed by atoms with Crippen molar-refractivity contribution in [2.24, 2.45) is 0 Å². The fraction of sp³-hybridized carbons (Fsp3) is 0.0256. The zero-order valence-electron chi connectivity index (χ0n) is 24.9. The topological polar surface area (TPSA) is 40.1 Å². The number of aromatic nitrogens is 5. The fourth-order valence-electron chi connectivity index (χ4n) is 6.14. The highest BCUT2D eigenvalue weighted by Gasteiger charge is 2.21. The number of benzene rings is 6. The number of hydrogen-bond donors (Lipinski definition) is 0. The molecule has 0 spiro atoms. The van der Waals surface area contributed by atoms with Gasteiger partial charge in [-0.1, -0.05) is 86.5 Å². The molecular weight excluding hydrogens is 825 g/mol. The van der Waals surface area contributed by atoms with Crippen molar-refractivity contribution < 1.29 is 0 Å². The first kappa shape index (κ1) is 30.1. The van der Waals surface area contributed by atoms with Crippen LogP contribution in [0.3, 0.4) is 0 Å². The lowest BCUT2D eigenvalue weighted by Gasteiger charge is -2.05. The van der Waals surface area contributed by atoms with Crippen LogP contribution < -0.4 is 0 Å². The van der Waals surface area contributed by atoms with E-state index in [1.165, 1.54) is 25.9 Å². The van der Waals surface area contributed by atoms with Crippen molar-refractivity contribution in [3.05, 3.63) is 169 Å². The second-order valence-corrected chi connectivity index (χ2v) is 14.2. The van der Waals surface area contributed by atoms with Crippen LogP contribution in [0.25, 0.3) is 50.3 Å². The Labute approximate surface area is 301 Å². The average Bonchev–Trinajstić information content (AvgIpc) is 3.84. The molecule has 8 heteroatoms. The number of nitrogens with zero attached hydrogens (tertiary/aromatic N) is 5. The lowest BCUT2D eigenvalue weighted by Crippen LogP contribution is -1.94. The molecule has 1 aliphatic rings. The second kappa shape index (κ2) is 12.7. The smallest absolute Gasteiger partial charge is 0.220 e. The highest BCUT2D eigenvalue weighted by molar-refractivity contribution is 14.1. The van der Waals surface area contributed by atoms with E-state index in [0.29, 0.717) is 0 Å². The monoisotopic (exact) mass is 849 g/mol. The summed E-state index contributed by atoms with van der Waals surface area (Å²) < 4.78 is 10.2. The third-order valence-corrected chi connectivity index (χ3v) is 9.98. The van der Waals surface area contributed by atoms with Gasteiger partial charge in [0.05, 0.1) is 38.8 Å². The van der Waals surface area contributed by atoms with Gasteiger partial charge in [0.2, 0.25) is 5.78 Å². The summed E-state index contributed by atoms with van der Waals surface area (Å²) in [6.07, 6.45) is 0.949. The minimum Gasteiger partial charge on any atom is -0.296 e. The molecule has 9 aromatic rings. The van der Waals surface area contributed by atoms with Crippen LogP contribution in [0.5, 0.6) is 0 Å². The van der Waals surface area contributed by atoms with E-state index in [0.717, 1.165) is 54.7 Å². The van der Waals surface area contributed by atoms with Gasteiger partial charge in [0, 0.05) is 24.6 Å². The van der Waals surface area contributed by atoms with Crippen molar-refractivity contribution in [2.45, 2.75) is 6.42 Å². The van der Waals surface area contributed by atoms with Gasteiger partial charge in [0.25, 0.3) is 0 Å². The molecule has 0 N–H and O–H groups in total. The molecule has 0 saturated heterocycles. The predicted molar refractivity (Wildman–Crippen MR) is 208 cm³/mol. The lowest BCUT2D eigenvalue weighted by atomic mass is 10.1. The standard InChI is InChI=1S/C19H12BrN3.C14H10N2.C6H4BrI/c20-13-9-11-14(12-10-13)22-17-7-3-4-8-18(17)23-16-6-2-1-5-15(16)21-19(22)23;1-3-7-12-10(5-1)9-14-15-11-6-2-4-8-13(11)16(12)14;7-5-1-3-6(8)4-2-5/h1-12H;1-8H,9H2;1-4H. The fourth-order valence-corrected chi connectivity index (χ4v) is 7.03. The molecule has 3 aromatic heterocycles. The zero-order chi connectivity index (χ0) is 31.9. The van der Waals surface area contributed by atoms with Gasteiger partial charge in [-0.2, -0.15) is 0 Å². The average molecular weight is 851 g/mol. The summed E-state index contributed by atoms with van der Waals surface area (Å²) in [4.78, 5) is 9.54. The highest BCUT2D eigenvalue weighted by Crippen LogP contribution is 2.32. The summed E-state index contributed by atoms with van der Waals surface area (Å²) in [5.74, 6) is 2.09. The van der Waals surface area contributed by atoms with E-state index < -0.39 is 0 Å². The minimum absolute atomic E-state index is 0.940. The van der Waals surface area contributed by atoms with Gasteiger partial charge in [0.1, 0.15) is 5.82 Å². The van der Waals surface area contributed by atoms with E-state index in [4.69, 9.17) is 4.98 Å². The summed E-state index contributed by atoms with van der Waals surface area (Å²) in [5.41, 5.74) is 10.5. The molecule has 4 heterocycles. The van der Waals surface area contributed by atoms with Crippen LogP contribution in [0.15, 0.2) is 155 Å². The zero-order valence-corrected chi connectivity index (χ0v) is 30.3. The van der Waals surface area contributed by atoms with Gasteiger partial charge >= 0.3 is 0 Å². The molecule has 10 rings (SSSR count). The predicted octanol–water partition coefficient (Wildman–Crippen LogP) is 11.2. The molecule has 0 radical (unpaired) electrons. The van der Waals surface area contributed by atoms with E-state index in [-0.39, 0.29) is 0 Å². The molecule has 0 bridgehead atoms. The number of hydrogen-bond acceptors (Lipinski definition) is 2. The van der Waals surface area contributed by atoms with Crippen molar-refractivity contribution in [1.82, 2.24) is 23.5 Å². The molecule has 0 saturated carbocycles. The van der Waals surface area contributed by atoms with Gasteiger partial charge in [-0.25, -0.2) is 9.97 Å². The van der Waals surface area contributed by atoms with E-state index in [1.54, 1.807) is 0 Å². The summed E-state index contributed by atoms with van der Waals surface area (Å²) in [6, 6.07) is 50.0. The molecule has 0 amide bonds. The Balaban J connectivity index is 0.000000117. The molecule has 0 aliphatic carbocycles. The number of rotatable bonds is 1. The molecule has 228 valence electrons. The molecular formula is C39H26Br2IN5. The lowest BCUT2D eigenvalue weighted by molar-refractivity contribution is 1.02. The summed E-state index contributed by atoms with van der Waals surface area (Å²) in [7, 11) is 0. The molecule has 5 nitrogen and oxygen atoms in total. The number of imidazole rings is 3. The largest absolute Gasteiger partial charge is 0.296 e. The Morgan fingerprint density at radius 1 is 0.511 bits per heavy atom. The van der Waals surface area contributed by atoms with Crippen LogP contribution in [0.4, 0.5) is 0 Å². The van der Waals surface area contributed by atoms with Crippen molar-refractivity contribution >= 4 is 93.3 Å². The minimum atomic E-state index is 0.940. The summed E-state index contributed by atoms with van der Waals surface area (Å²) >= 11 is 9.12. The van der Waals surface area contributed by atoms with Crippen LogP contribution in [-0.4, -0.2) is 23.5 Å². The molecule has 47 heavy (non-hydrogen) atoms. The maximum atomic E-state index is 4.87. The Hall–Kier alpha value is -4.25. The highest BCUT2D eigenvalue weighted by atomic mass is 127. The molecule has 0 atom stereocenters. The van der Waals surface area contributed by atoms with Gasteiger partial charge in [-0.05, 0) is 119 Å². The summed E-state index contributed by atoms with van der Waals surface area (Å²) in [5, 5.41) is 0. The van der Waals surface area contributed by atoms with E-state index in [2.05, 4.69) is 194 Å². The van der Waals surface area contributed by atoms with Crippen molar-refractivity contribution in [2.75, 3.05) is 0 Å². The van der Waals surface area contributed by atoms with Crippen molar-refractivity contribution in [1.29, 1.82) is 0 Å². The normalized spacial score (nSPS) is 11.6. The third kappa shape index (κ3) is 5.68. The Morgan fingerprint density at radius 3 is 1.77 bits per heavy atom.